The van der Waals surface area contributed by atoms with E-state index in [1.807, 2.05) is 13.3 Å². The SMILES string of the molecule is C[CH]C[S+]=O. The van der Waals surface area contributed by atoms with Crippen LogP contribution in [0.4, 0.5) is 0 Å². The molecule has 0 saturated heterocycles. The molecule has 29 valence electrons. The van der Waals surface area contributed by atoms with Gasteiger partial charge in [0.15, 0.2) is 0 Å². The van der Waals surface area contributed by atoms with Crippen LogP contribution in [0.3, 0.4) is 0 Å². The van der Waals surface area contributed by atoms with Crippen molar-refractivity contribution >= 4 is 11.7 Å². The standard InChI is InChI=1S/C3H6OS/c1-2-3-5-4/h2H,3H2,1H3/q+1. The van der Waals surface area contributed by atoms with Crippen molar-refractivity contribution in [3.63, 3.8) is 0 Å². The molecule has 0 aliphatic heterocycles. The molecule has 1 radical (unpaired) electrons. The van der Waals surface area contributed by atoms with Crippen LogP contribution in [0.2, 0.25) is 0 Å². The Bertz CT molecular complexity index is 28.1. The zero-order valence-electron chi connectivity index (χ0n) is 3.10. The monoisotopic (exact) mass is 90.0 g/mol. The minimum atomic E-state index is 0.596. The summed E-state index contributed by atoms with van der Waals surface area (Å²) >= 11 is 0.596. The van der Waals surface area contributed by atoms with Crippen LogP contribution in [0.15, 0.2) is 0 Å². The van der Waals surface area contributed by atoms with E-state index in [0.717, 1.165) is 0 Å². The molecule has 1 nitrogen and oxygen atoms in total. The second kappa shape index (κ2) is 4.02. The first-order valence-electron chi connectivity index (χ1n) is 1.44. The molecule has 0 aromatic carbocycles. The molecule has 0 heterocycles. The molecule has 5 heavy (non-hydrogen) atoms. The van der Waals surface area contributed by atoms with Gasteiger partial charge >= 0.3 is 11.7 Å². The molecule has 0 aromatic heterocycles. The molecule has 0 rings (SSSR count). The van der Waals surface area contributed by atoms with Crippen LogP contribution in [0, 0.1) is 6.42 Å². The van der Waals surface area contributed by atoms with Gasteiger partial charge in [-0.2, -0.15) is 0 Å². The summed E-state index contributed by atoms with van der Waals surface area (Å²) in [5.41, 5.74) is 0. The summed E-state index contributed by atoms with van der Waals surface area (Å²) in [7, 11) is 0. The summed E-state index contributed by atoms with van der Waals surface area (Å²) in [4.78, 5) is 0. The number of rotatable bonds is 2. The number of hydrogen-bond donors (Lipinski definition) is 0. The Hall–Kier alpha value is 0.0200. The highest BCUT2D eigenvalue weighted by Crippen LogP contribution is 1.65. The molecular formula is C3H6OS+. The van der Waals surface area contributed by atoms with Gasteiger partial charge in [0, 0.05) is 10.6 Å². The Labute approximate surface area is 35.9 Å². The molecule has 0 saturated carbocycles. The van der Waals surface area contributed by atoms with E-state index in [1.165, 1.54) is 0 Å². The lowest BCUT2D eigenvalue weighted by molar-refractivity contribution is 0.605. The lowest BCUT2D eigenvalue weighted by Crippen LogP contribution is -1.71. The summed E-state index contributed by atoms with van der Waals surface area (Å²) in [5.74, 6) is 0.625. The fourth-order valence-electron chi connectivity index (χ4n) is 0.0680. The fourth-order valence-corrected chi connectivity index (χ4v) is 0.204. The molecule has 0 N–H and O–H groups in total. The van der Waals surface area contributed by atoms with Gasteiger partial charge < -0.3 is 0 Å². The summed E-state index contributed by atoms with van der Waals surface area (Å²) in [6.45, 7) is 1.87. The van der Waals surface area contributed by atoms with Gasteiger partial charge in [0.05, 0.1) is 0 Å². The van der Waals surface area contributed by atoms with Crippen LogP contribution >= 0.6 is 0 Å². The van der Waals surface area contributed by atoms with Gasteiger partial charge in [0.2, 0.25) is 5.75 Å². The molecule has 2 heteroatoms. The van der Waals surface area contributed by atoms with Crippen molar-refractivity contribution in [3.8, 4) is 0 Å². The lowest BCUT2D eigenvalue weighted by Gasteiger charge is -1.52. The van der Waals surface area contributed by atoms with Crippen LogP contribution in [-0.2, 0) is 15.9 Å². The third-order valence-electron chi connectivity index (χ3n) is 0.235. The maximum absolute atomic E-state index is 9.42. The zero-order chi connectivity index (χ0) is 4.12. The minimum Gasteiger partial charge on any atom is -0.0568 e. The Balaban J connectivity index is 2.40. The molecule has 0 atom stereocenters. The van der Waals surface area contributed by atoms with Crippen LogP contribution in [0.1, 0.15) is 6.92 Å². The third kappa shape index (κ3) is 4.02. The van der Waals surface area contributed by atoms with Crippen molar-refractivity contribution in [2.24, 2.45) is 0 Å². The molecule has 0 aliphatic carbocycles. The fraction of sp³-hybridized carbons (Fsp3) is 0.667. The van der Waals surface area contributed by atoms with E-state index < -0.39 is 0 Å². The summed E-state index contributed by atoms with van der Waals surface area (Å²) in [6.07, 6.45) is 1.83. The Morgan fingerprint density at radius 3 is 2.60 bits per heavy atom. The Morgan fingerprint density at radius 1 is 2.00 bits per heavy atom. The van der Waals surface area contributed by atoms with Crippen LogP contribution in [-0.4, -0.2) is 5.75 Å². The van der Waals surface area contributed by atoms with Gasteiger partial charge in [-0.15, -0.1) is 0 Å². The Morgan fingerprint density at radius 2 is 2.60 bits per heavy atom. The van der Waals surface area contributed by atoms with Gasteiger partial charge in [-0.25, -0.2) is 0 Å². The number of hydrogen-bond acceptors (Lipinski definition) is 1. The van der Waals surface area contributed by atoms with E-state index >= 15 is 0 Å². The zero-order valence-corrected chi connectivity index (χ0v) is 3.92. The molecule has 0 aromatic rings. The van der Waals surface area contributed by atoms with Crippen LogP contribution in [0.25, 0.3) is 0 Å². The largest absolute Gasteiger partial charge is 0.458 e. The van der Waals surface area contributed by atoms with Gasteiger partial charge in [0.1, 0.15) is 0 Å². The molecule has 0 spiro atoms. The van der Waals surface area contributed by atoms with E-state index in [1.54, 1.807) is 0 Å². The topological polar surface area (TPSA) is 17.1 Å². The van der Waals surface area contributed by atoms with Gasteiger partial charge in [0.25, 0.3) is 0 Å². The molecule has 0 bridgehead atoms. The van der Waals surface area contributed by atoms with Crippen molar-refractivity contribution in [1.82, 2.24) is 0 Å². The third-order valence-corrected chi connectivity index (χ3v) is 0.704. The second-order valence-electron chi connectivity index (χ2n) is 0.693. The average Bonchev–Trinajstić information content (AvgIpc) is 1.41. The quantitative estimate of drug-likeness (QED) is 0.455. The molecule has 0 aliphatic rings. The van der Waals surface area contributed by atoms with Crippen LogP contribution in [0.5, 0.6) is 0 Å². The summed E-state index contributed by atoms with van der Waals surface area (Å²) < 4.78 is 9.42. The Kier molecular flexibility index (Phi) is 4.04. The van der Waals surface area contributed by atoms with E-state index in [-0.39, 0.29) is 0 Å². The van der Waals surface area contributed by atoms with E-state index in [4.69, 9.17) is 0 Å². The van der Waals surface area contributed by atoms with Crippen molar-refractivity contribution in [3.05, 3.63) is 6.42 Å². The minimum absolute atomic E-state index is 0.596. The van der Waals surface area contributed by atoms with E-state index in [9.17, 15) is 4.21 Å². The van der Waals surface area contributed by atoms with Crippen molar-refractivity contribution in [1.29, 1.82) is 0 Å². The van der Waals surface area contributed by atoms with Crippen molar-refractivity contribution in [2.45, 2.75) is 6.92 Å². The molecule has 0 unspecified atom stereocenters. The maximum Gasteiger partial charge on any atom is 0.458 e. The van der Waals surface area contributed by atoms with Gasteiger partial charge in [-0.05, 0) is 0 Å². The average molecular weight is 90.1 g/mol. The molecule has 0 amide bonds. The first kappa shape index (κ1) is 5.02. The van der Waals surface area contributed by atoms with Crippen molar-refractivity contribution in [2.75, 3.05) is 5.75 Å². The normalized spacial score (nSPS) is 7.40. The highest BCUT2D eigenvalue weighted by molar-refractivity contribution is 7.65. The predicted molar refractivity (Wildman–Crippen MR) is 22.9 cm³/mol. The molecule has 0 fully saturated rings. The van der Waals surface area contributed by atoms with Gasteiger partial charge in [-0.1, -0.05) is 6.92 Å². The summed E-state index contributed by atoms with van der Waals surface area (Å²) in [5, 5.41) is 0. The first-order valence-corrected chi connectivity index (χ1v) is 2.35. The lowest BCUT2D eigenvalue weighted by atomic mass is 10.6. The maximum atomic E-state index is 9.42. The molecular weight excluding hydrogens is 84.1 g/mol. The van der Waals surface area contributed by atoms with Crippen molar-refractivity contribution < 1.29 is 4.21 Å². The smallest absolute Gasteiger partial charge is 0.0568 e. The summed E-state index contributed by atoms with van der Waals surface area (Å²) in [6, 6.07) is 0. The predicted octanol–water partition coefficient (Wildman–Crippen LogP) is 0.639. The highest BCUT2D eigenvalue weighted by Gasteiger charge is 1.87. The second-order valence-corrected chi connectivity index (χ2v) is 1.26. The first-order chi connectivity index (χ1) is 2.41. The van der Waals surface area contributed by atoms with Gasteiger partial charge in [-0.3, -0.25) is 0 Å². The van der Waals surface area contributed by atoms with Crippen LogP contribution < -0.4 is 0 Å². The van der Waals surface area contributed by atoms with E-state index in [2.05, 4.69) is 0 Å². The van der Waals surface area contributed by atoms with E-state index in [0.29, 0.717) is 17.4 Å². The highest BCUT2D eigenvalue weighted by atomic mass is 32.1.